The van der Waals surface area contributed by atoms with Crippen LogP contribution in [0.15, 0.2) is 54.6 Å². The fourth-order valence-corrected chi connectivity index (χ4v) is 4.23. The number of ether oxygens (including phenoxy) is 1. The molecule has 2 aromatic heterocycles. The summed E-state index contributed by atoms with van der Waals surface area (Å²) in [5.74, 6) is -0.867. The quantitative estimate of drug-likeness (QED) is 0.412. The van der Waals surface area contributed by atoms with Crippen LogP contribution in [0.3, 0.4) is 0 Å². The third kappa shape index (κ3) is 4.09. The van der Waals surface area contributed by atoms with Gasteiger partial charge in [0.1, 0.15) is 4.83 Å². The first kappa shape index (κ1) is 21.6. The van der Waals surface area contributed by atoms with Crippen LogP contribution in [-0.4, -0.2) is 28.8 Å². The highest BCUT2D eigenvalue weighted by Gasteiger charge is 2.31. The number of rotatable bonds is 4. The number of aryl methyl sites for hydroxylation is 1. The molecule has 0 saturated heterocycles. The molecule has 0 fully saturated rings. The van der Waals surface area contributed by atoms with Gasteiger partial charge < -0.3 is 10.1 Å². The van der Waals surface area contributed by atoms with Gasteiger partial charge in [0.2, 0.25) is 0 Å². The molecule has 0 atom stereocenters. The van der Waals surface area contributed by atoms with Crippen molar-refractivity contribution >= 4 is 39.1 Å². The van der Waals surface area contributed by atoms with E-state index in [0.29, 0.717) is 32.0 Å². The van der Waals surface area contributed by atoms with Gasteiger partial charge in [-0.25, -0.2) is 9.48 Å². The van der Waals surface area contributed by atoms with Crippen LogP contribution in [0.2, 0.25) is 0 Å². The van der Waals surface area contributed by atoms with Gasteiger partial charge in [-0.2, -0.15) is 18.3 Å². The van der Waals surface area contributed by atoms with Gasteiger partial charge in [0.15, 0.2) is 0 Å². The molecule has 0 aliphatic carbocycles. The van der Waals surface area contributed by atoms with Crippen molar-refractivity contribution in [2.75, 3.05) is 12.4 Å². The number of fused-ring (bicyclic) bond motifs is 1. The second kappa shape index (κ2) is 8.12. The second-order valence-electron chi connectivity index (χ2n) is 6.90. The van der Waals surface area contributed by atoms with E-state index in [1.54, 1.807) is 25.1 Å². The first-order valence-corrected chi connectivity index (χ1v) is 10.2. The highest BCUT2D eigenvalue weighted by Crippen LogP contribution is 2.34. The molecule has 1 N–H and O–H groups in total. The molecule has 0 bridgehead atoms. The third-order valence-corrected chi connectivity index (χ3v) is 5.86. The Balaban J connectivity index is 1.63. The second-order valence-corrected chi connectivity index (χ2v) is 7.93. The highest BCUT2D eigenvalue weighted by atomic mass is 32.1. The van der Waals surface area contributed by atoms with Crippen LogP contribution >= 0.6 is 11.3 Å². The van der Waals surface area contributed by atoms with Crippen molar-refractivity contribution in [3.8, 4) is 5.69 Å². The predicted octanol–water partition coefficient (Wildman–Crippen LogP) is 5.45. The number of hydrogen-bond donors (Lipinski definition) is 1. The maximum atomic E-state index is 13.1. The number of amides is 1. The Hall–Kier alpha value is -3.66. The van der Waals surface area contributed by atoms with Gasteiger partial charge >= 0.3 is 12.1 Å². The van der Waals surface area contributed by atoms with E-state index in [2.05, 4.69) is 15.2 Å². The van der Waals surface area contributed by atoms with E-state index in [0.717, 1.165) is 23.5 Å². The van der Waals surface area contributed by atoms with Gasteiger partial charge in [-0.1, -0.05) is 6.07 Å². The van der Waals surface area contributed by atoms with Crippen LogP contribution in [-0.2, 0) is 10.9 Å². The zero-order valence-corrected chi connectivity index (χ0v) is 17.7. The number of hydrogen-bond acceptors (Lipinski definition) is 5. The number of nitrogens with one attached hydrogen (secondary N) is 1. The molecular weight excluding hydrogens is 443 g/mol. The van der Waals surface area contributed by atoms with E-state index >= 15 is 0 Å². The number of carbonyl (C=O) groups is 2. The molecule has 2 heterocycles. The Morgan fingerprint density at radius 2 is 1.81 bits per heavy atom. The topological polar surface area (TPSA) is 73.2 Å². The molecule has 0 aliphatic heterocycles. The molecule has 6 nitrogen and oxygen atoms in total. The Kier molecular flexibility index (Phi) is 5.47. The minimum Gasteiger partial charge on any atom is -0.465 e. The minimum absolute atomic E-state index is 0.255. The molecule has 0 saturated carbocycles. The molecule has 2 aromatic carbocycles. The molecule has 164 valence electrons. The van der Waals surface area contributed by atoms with E-state index in [1.807, 2.05) is 0 Å². The number of esters is 1. The SMILES string of the molecule is COC(=O)c1ccc(NC(=O)c2cc3c(C)nn(-c4cccc(C(F)(F)F)c4)c3s2)cc1. The minimum atomic E-state index is -4.47. The molecule has 0 aliphatic rings. The number of thiophene rings is 1. The van der Waals surface area contributed by atoms with Gasteiger partial charge in [-0.05, 0) is 55.5 Å². The highest BCUT2D eigenvalue weighted by molar-refractivity contribution is 7.20. The average molecular weight is 459 g/mol. The molecular formula is C22H16F3N3O3S. The number of nitrogens with zero attached hydrogens (tertiary/aromatic N) is 2. The first-order chi connectivity index (χ1) is 15.2. The molecule has 4 aromatic rings. The lowest BCUT2D eigenvalue weighted by molar-refractivity contribution is -0.137. The Labute approximate surface area is 184 Å². The summed E-state index contributed by atoms with van der Waals surface area (Å²) in [5.41, 5.74) is 0.905. The number of anilines is 1. The molecule has 0 radical (unpaired) electrons. The van der Waals surface area contributed by atoms with Crippen molar-refractivity contribution in [3.05, 3.63) is 76.3 Å². The molecule has 0 unspecified atom stereocenters. The van der Waals surface area contributed by atoms with Crippen LogP contribution < -0.4 is 5.32 Å². The first-order valence-electron chi connectivity index (χ1n) is 9.34. The standard InChI is InChI=1S/C22H16F3N3O3S/c1-12-17-11-18(19(29)26-15-8-6-13(7-9-15)21(30)31-2)32-20(17)28(27-12)16-5-3-4-14(10-16)22(23,24)25/h3-11H,1-2H3,(H,26,29). The van der Waals surface area contributed by atoms with Crippen molar-refractivity contribution in [2.45, 2.75) is 13.1 Å². The summed E-state index contributed by atoms with van der Waals surface area (Å²) in [4.78, 5) is 25.2. The third-order valence-electron chi connectivity index (χ3n) is 4.75. The zero-order valence-electron chi connectivity index (χ0n) is 16.9. The lowest BCUT2D eigenvalue weighted by atomic mass is 10.2. The monoisotopic (exact) mass is 459 g/mol. The smallest absolute Gasteiger partial charge is 0.416 e. The van der Waals surface area contributed by atoms with Crippen LogP contribution in [0.1, 0.15) is 31.3 Å². The van der Waals surface area contributed by atoms with Crippen LogP contribution in [0.25, 0.3) is 15.9 Å². The predicted molar refractivity (Wildman–Crippen MR) is 114 cm³/mol. The van der Waals surface area contributed by atoms with Gasteiger partial charge in [-0.15, -0.1) is 11.3 Å². The van der Waals surface area contributed by atoms with Gasteiger partial charge in [0.25, 0.3) is 5.91 Å². The average Bonchev–Trinajstić information content (AvgIpc) is 3.34. The molecule has 4 rings (SSSR count). The van der Waals surface area contributed by atoms with Gasteiger partial charge in [0, 0.05) is 11.1 Å². The fraction of sp³-hybridized carbons (Fsp3) is 0.136. The van der Waals surface area contributed by atoms with Crippen molar-refractivity contribution in [1.29, 1.82) is 0 Å². The van der Waals surface area contributed by atoms with E-state index < -0.39 is 17.7 Å². The lowest BCUT2D eigenvalue weighted by Gasteiger charge is -2.09. The van der Waals surface area contributed by atoms with Crippen molar-refractivity contribution in [1.82, 2.24) is 9.78 Å². The van der Waals surface area contributed by atoms with E-state index in [1.165, 1.54) is 36.1 Å². The fourth-order valence-electron chi connectivity index (χ4n) is 3.15. The van der Waals surface area contributed by atoms with Crippen molar-refractivity contribution < 1.29 is 27.5 Å². The summed E-state index contributed by atoms with van der Waals surface area (Å²) in [7, 11) is 1.28. The van der Waals surface area contributed by atoms with Crippen molar-refractivity contribution in [3.63, 3.8) is 0 Å². The van der Waals surface area contributed by atoms with Gasteiger partial charge in [-0.3, -0.25) is 4.79 Å². The van der Waals surface area contributed by atoms with Gasteiger partial charge in [0.05, 0.1) is 34.5 Å². The van der Waals surface area contributed by atoms with E-state index in [4.69, 9.17) is 0 Å². The zero-order chi connectivity index (χ0) is 23.0. The van der Waals surface area contributed by atoms with E-state index in [-0.39, 0.29) is 11.6 Å². The Morgan fingerprint density at radius 3 is 2.47 bits per heavy atom. The molecule has 0 spiro atoms. The number of methoxy groups -OCH3 is 1. The number of halogens is 3. The maximum absolute atomic E-state index is 13.1. The normalized spacial score (nSPS) is 11.5. The van der Waals surface area contributed by atoms with Crippen LogP contribution in [0.4, 0.5) is 18.9 Å². The number of benzene rings is 2. The molecule has 32 heavy (non-hydrogen) atoms. The van der Waals surface area contributed by atoms with Crippen molar-refractivity contribution in [2.24, 2.45) is 0 Å². The summed E-state index contributed by atoms with van der Waals surface area (Å²) in [5, 5.41) is 7.77. The summed E-state index contributed by atoms with van der Waals surface area (Å²) in [6.45, 7) is 1.73. The van der Waals surface area contributed by atoms with Crippen LogP contribution in [0.5, 0.6) is 0 Å². The largest absolute Gasteiger partial charge is 0.465 e. The maximum Gasteiger partial charge on any atom is 0.416 e. The number of alkyl halides is 3. The van der Waals surface area contributed by atoms with Crippen LogP contribution in [0, 0.1) is 6.92 Å². The summed E-state index contributed by atoms with van der Waals surface area (Å²) < 4.78 is 45.4. The lowest BCUT2D eigenvalue weighted by Crippen LogP contribution is -2.10. The molecule has 10 heteroatoms. The number of carbonyl (C=O) groups excluding carboxylic acids is 2. The summed E-state index contributed by atoms with van der Waals surface area (Å²) in [6, 6.07) is 12.7. The number of aromatic nitrogens is 2. The van der Waals surface area contributed by atoms with E-state index in [9.17, 15) is 22.8 Å². The molecule has 1 amide bonds. The Bertz CT molecular complexity index is 1320. The summed E-state index contributed by atoms with van der Waals surface area (Å²) >= 11 is 1.12. The summed E-state index contributed by atoms with van der Waals surface area (Å²) in [6.07, 6.45) is -4.47. The Morgan fingerprint density at radius 1 is 1.09 bits per heavy atom.